The van der Waals surface area contributed by atoms with Crippen LogP contribution < -0.4 is 0 Å². The fraction of sp³-hybridized carbons (Fsp3) is 0. The van der Waals surface area contributed by atoms with E-state index in [1.807, 2.05) is 60.7 Å². The van der Waals surface area contributed by atoms with Crippen molar-refractivity contribution in [1.82, 2.24) is 15.0 Å². The summed E-state index contributed by atoms with van der Waals surface area (Å²) in [7, 11) is 0. The van der Waals surface area contributed by atoms with Gasteiger partial charge in [0.05, 0.1) is 0 Å². The summed E-state index contributed by atoms with van der Waals surface area (Å²) in [6, 6.07) is 39.3. The van der Waals surface area contributed by atoms with E-state index in [1.54, 1.807) is 0 Å². The smallest absolute Gasteiger partial charge is 0.165 e. The molecule has 3 nitrogen and oxygen atoms in total. The third-order valence-electron chi connectivity index (χ3n) is 5.69. The van der Waals surface area contributed by atoms with E-state index in [4.69, 9.17) is 15.0 Å². The first-order chi connectivity index (χ1) is 15.9. The average Bonchev–Trinajstić information content (AvgIpc) is 2.88. The molecule has 0 N–H and O–H groups in total. The van der Waals surface area contributed by atoms with Crippen LogP contribution in [-0.2, 0) is 0 Å². The summed E-state index contributed by atoms with van der Waals surface area (Å²) >= 11 is 0. The van der Waals surface area contributed by atoms with E-state index in [9.17, 15) is 0 Å². The number of hydrogen-bond donors (Lipinski definition) is 0. The van der Waals surface area contributed by atoms with Gasteiger partial charge >= 0.3 is 0 Å². The SMILES string of the molecule is c1ccc(-c2nc(-c3ccccc3)nc(-c3c4ccccc4cc4ccccc34)n2)cc1. The summed E-state index contributed by atoms with van der Waals surface area (Å²) < 4.78 is 0. The van der Waals surface area contributed by atoms with Crippen molar-refractivity contribution in [2.75, 3.05) is 0 Å². The molecule has 0 amide bonds. The Bertz CT molecular complexity index is 1450. The fourth-order valence-corrected chi connectivity index (χ4v) is 4.17. The summed E-state index contributed by atoms with van der Waals surface area (Å²) in [6.07, 6.45) is 0. The standard InChI is InChI=1S/C29H19N3/c1-3-11-20(12-4-1)27-30-28(21-13-5-2-6-14-21)32-29(31-27)26-24-17-9-7-15-22(24)19-23-16-8-10-18-25(23)26/h1-19H. The second-order valence-corrected chi connectivity index (χ2v) is 7.73. The Kier molecular flexibility index (Phi) is 4.43. The van der Waals surface area contributed by atoms with Crippen molar-refractivity contribution in [3.05, 3.63) is 115 Å². The van der Waals surface area contributed by atoms with Gasteiger partial charge in [-0.1, -0.05) is 109 Å². The third-order valence-corrected chi connectivity index (χ3v) is 5.69. The van der Waals surface area contributed by atoms with Gasteiger partial charge in [0.2, 0.25) is 0 Å². The maximum absolute atomic E-state index is 4.98. The van der Waals surface area contributed by atoms with Crippen LogP contribution >= 0.6 is 0 Å². The van der Waals surface area contributed by atoms with Gasteiger partial charge in [-0.15, -0.1) is 0 Å². The number of nitrogens with zero attached hydrogens (tertiary/aromatic N) is 3. The quantitative estimate of drug-likeness (QED) is 0.291. The van der Waals surface area contributed by atoms with Crippen LogP contribution in [0.15, 0.2) is 115 Å². The molecule has 0 saturated heterocycles. The van der Waals surface area contributed by atoms with Crippen LogP contribution in [0.1, 0.15) is 0 Å². The molecule has 1 aromatic heterocycles. The van der Waals surface area contributed by atoms with Crippen LogP contribution in [-0.4, -0.2) is 15.0 Å². The van der Waals surface area contributed by atoms with E-state index >= 15 is 0 Å². The summed E-state index contributed by atoms with van der Waals surface area (Å²) in [5.41, 5.74) is 2.98. The normalized spacial score (nSPS) is 11.1. The first-order valence-corrected chi connectivity index (χ1v) is 10.6. The highest BCUT2D eigenvalue weighted by molar-refractivity contribution is 6.11. The summed E-state index contributed by atoms with van der Waals surface area (Å²) in [6.45, 7) is 0. The lowest BCUT2D eigenvalue weighted by Crippen LogP contribution is -2.01. The molecule has 0 fully saturated rings. The molecule has 32 heavy (non-hydrogen) atoms. The molecular weight excluding hydrogens is 390 g/mol. The Balaban J connectivity index is 1.71. The lowest BCUT2D eigenvalue weighted by molar-refractivity contribution is 1.08. The molecule has 3 heteroatoms. The minimum atomic E-state index is 0.673. The summed E-state index contributed by atoms with van der Waals surface area (Å²) in [4.78, 5) is 14.8. The Hall–Kier alpha value is -4.37. The molecule has 6 rings (SSSR count). The topological polar surface area (TPSA) is 38.7 Å². The van der Waals surface area contributed by atoms with E-state index in [1.165, 1.54) is 10.8 Å². The number of benzene rings is 5. The van der Waals surface area contributed by atoms with Crippen LogP contribution in [0.2, 0.25) is 0 Å². The van der Waals surface area contributed by atoms with Gasteiger partial charge in [0.15, 0.2) is 17.5 Å². The molecule has 0 bridgehead atoms. The zero-order chi connectivity index (χ0) is 21.3. The van der Waals surface area contributed by atoms with Gasteiger partial charge in [-0.05, 0) is 27.6 Å². The van der Waals surface area contributed by atoms with Gasteiger partial charge in [-0.2, -0.15) is 0 Å². The Labute approximate surface area is 186 Å². The van der Waals surface area contributed by atoms with Crippen molar-refractivity contribution >= 4 is 21.5 Å². The van der Waals surface area contributed by atoms with E-state index in [0.717, 1.165) is 27.5 Å². The Morgan fingerprint density at radius 3 is 1.28 bits per heavy atom. The van der Waals surface area contributed by atoms with Gasteiger partial charge in [0.25, 0.3) is 0 Å². The molecule has 0 atom stereocenters. The van der Waals surface area contributed by atoms with Crippen molar-refractivity contribution in [3.8, 4) is 34.2 Å². The van der Waals surface area contributed by atoms with Crippen molar-refractivity contribution in [2.45, 2.75) is 0 Å². The largest absolute Gasteiger partial charge is 0.208 e. The summed E-state index contributed by atoms with van der Waals surface area (Å²) in [5.74, 6) is 2.03. The maximum atomic E-state index is 4.98. The zero-order valence-electron chi connectivity index (χ0n) is 17.3. The molecule has 1 heterocycles. The monoisotopic (exact) mass is 409 g/mol. The summed E-state index contributed by atoms with van der Waals surface area (Å²) in [5, 5.41) is 4.61. The van der Waals surface area contributed by atoms with Crippen molar-refractivity contribution < 1.29 is 0 Å². The lowest BCUT2D eigenvalue weighted by Gasteiger charge is -2.13. The predicted octanol–water partition coefficient (Wildman–Crippen LogP) is 7.18. The highest BCUT2D eigenvalue weighted by atomic mass is 15.0. The van der Waals surface area contributed by atoms with Crippen LogP contribution in [0, 0.1) is 0 Å². The van der Waals surface area contributed by atoms with Gasteiger partial charge in [-0.25, -0.2) is 15.0 Å². The molecule has 150 valence electrons. The first kappa shape index (κ1) is 18.4. The van der Waals surface area contributed by atoms with Crippen LogP contribution in [0.5, 0.6) is 0 Å². The van der Waals surface area contributed by atoms with Gasteiger partial charge in [0.1, 0.15) is 0 Å². The lowest BCUT2D eigenvalue weighted by atomic mass is 9.96. The molecule has 0 aliphatic carbocycles. The molecule has 0 saturated carbocycles. The van der Waals surface area contributed by atoms with Crippen molar-refractivity contribution in [1.29, 1.82) is 0 Å². The number of hydrogen-bond acceptors (Lipinski definition) is 3. The molecule has 0 aliphatic rings. The third kappa shape index (κ3) is 3.21. The van der Waals surface area contributed by atoms with Gasteiger partial charge in [0, 0.05) is 16.7 Å². The Morgan fingerprint density at radius 2 is 0.781 bits per heavy atom. The highest BCUT2D eigenvalue weighted by Crippen LogP contribution is 2.36. The van der Waals surface area contributed by atoms with E-state index < -0.39 is 0 Å². The highest BCUT2D eigenvalue weighted by Gasteiger charge is 2.16. The molecule has 0 spiro atoms. The maximum Gasteiger partial charge on any atom is 0.165 e. The van der Waals surface area contributed by atoms with Crippen molar-refractivity contribution in [2.24, 2.45) is 0 Å². The average molecular weight is 409 g/mol. The molecule has 5 aromatic carbocycles. The van der Waals surface area contributed by atoms with Crippen LogP contribution in [0.3, 0.4) is 0 Å². The van der Waals surface area contributed by atoms with Crippen molar-refractivity contribution in [3.63, 3.8) is 0 Å². The first-order valence-electron chi connectivity index (χ1n) is 10.6. The van der Waals surface area contributed by atoms with Gasteiger partial charge < -0.3 is 0 Å². The minimum absolute atomic E-state index is 0.673. The number of rotatable bonds is 3. The molecule has 6 aromatic rings. The van der Waals surface area contributed by atoms with Crippen LogP contribution in [0.4, 0.5) is 0 Å². The van der Waals surface area contributed by atoms with E-state index in [-0.39, 0.29) is 0 Å². The molecular formula is C29H19N3. The molecule has 0 aliphatic heterocycles. The zero-order valence-corrected chi connectivity index (χ0v) is 17.3. The molecule has 0 radical (unpaired) electrons. The van der Waals surface area contributed by atoms with Gasteiger partial charge in [-0.3, -0.25) is 0 Å². The minimum Gasteiger partial charge on any atom is -0.208 e. The number of aromatic nitrogens is 3. The number of fused-ring (bicyclic) bond motifs is 2. The second kappa shape index (κ2) is 7.71. The van der Waals surface area contributed by atoms with E-state index in [0.29, 0.717) is 17.5 Å². The van der Waals surface area contributed by atoms with E-state index in [2.05, 4.69) is 54.6 Å². The fourth-order valence-electron chi connectivity index (χ4n) is 4.17. The molecule has 0 unspecified atom stereocenters. The second-order valence-electron chi connectivity index (χ2n) is 7.73. The Morgan fingerprint density at radius 1 is 0.375 bits per heavy atom. The van der Waals surface area contributed by atoms with Crippen LogP contribution in [0.25, 0.3) is 55.7 Å². The predicted molar refractivity (Wildman–Crippen MR) is 131 cm³/mol.